The van der Waals surface area contributed by atoms with Gasteiger partial charge in [0, 0.05) is 49.9 Å². The second-order valence-electron chi connectivity index (χ2n) is 11.5. The summed E-state index contributed by atoms with van der Waals surface area (Å²) in [6, 6.07) is 11.6. The number of rotatable bonds is 6. The summed E-state index contributed by atoms with van der Waals surface area (Å²) >= 11 is 6.47. The summed E-state index contributed by atoms with van der Waals surface area (Å²) in [7, 11) is 3.62. The Kier molecular flexibility index (Phi) is 7.08. The van der Waals surface area contributed by atoms with Crippen LogP contribution >= 0.6 is 11.6 Å². The lowest BCUT2D eigenvalue weighted by atomic mass is 9.93. The topological polar surface area (TPSA) is 135 Å². The Labute approximate surface area is 258 Å². The number of halogens is 1. The Morgan fingerprint density at radius 3 is 2.80 bits per heavy atom. The average molecular weight is 615 g/mol. The number of aromatic nitrogens is 4. The molecule has 0 spiro atoms. The van der Waals surface area contributed by atoms with Crippen LogP contribution in [0.4, 0.5) is 23.1 Å². The van der Waals surface area contributed by atoms with E-state index in [1.54, 1.807) is 22.8 Å². The largest absolute Gasteiger partial charge is 0.489 e. The van der Waals surface area contributed by atoms with Gasteiger partial charge < -0.3 is 19.9 Å². The number of anilines is 4. The monoisotopic (exact) mass is 614 g/mol. The van der Waals surface area contributed by atoms with Crippen molar-refractivity contribution in [2.45, 2.75) is 44.1 Å². The SMILES string of the molecule is CN1C(=O)Cc2cc(Nc3nc(N4CCC[C@@H](Oc5ccc6c(C7CCC(=O)NC7=O)nn(C)c6c5)C4)ncc3Cl)ccc21. The van der Waals surface area contributed by atoms with Gasteiger partial charge in [-0.2, -0.15) is 10.1 Å². The molecule has 2 N–H and O–H groups in total. The number of imide groups is 1. The molecule has 44 heavy (non-hydrogen) atoms. The summed E-state index contributed by atoms with van der Waals surface area (Å²) in [5.41, 5.74) is 4.19. The first-order valence-corrected chi connectivity index (χ1v) is 15.0. The number of aryl methyl sites for hydroxylation is 1. The number of fused-ring (bicyclic) bond motifs is 2. The molecule has 0 radical (unpaired) electrons. The molecule has 2 fully saturated rings. The van der Waals surface area contributed by atoms with Gasteiger partial charge in [-0.05, 0) is 55.2 Å². The highest BCUT2D eigenvalue weighted by Gasteiger charge is 2.32. The van der Waals surface area contributed by atoms with Crippen molar-refractivity contribution in [1.82, 2.24) is 25.1 Å². The molecular weight excluding hydrogens is 584 g/mol. The van der Waals surface area contributed by atoms with Gasteiger partial charge in [-0.1, -0.05) is 11.6 Å². The van der Waals surface area contributed by atoms with E-state index in [9.17, 15) is 14.4 Å². The summed E-state index contributed by atoms with van der Waals surface area (Å²) in [5, 5.41) is 11.6. The predicted octanol–water partition coefficient (Wildman–Crippen LogP) is 3.85. The number of likely N-dealkylation sites (N-methyl/N-ethyl adjacent to an activating group) is 1. The van der Waals surface area contributed by atoms with Crippen molar-refractivity contribution in [1.29, 1.82) is 0 Å². The molecule has 4 aromatic rings. The summed E-state index contributed by atoms with van der Waals surface area (Å²) in [6.45, 7) is 1.38. The molecule has 226 valence electrons. The molecule has 2 atom stereocenters. The Morgan fingerprint density at radius 2 is 1.95 bits per heavy atom. The second-order valence-corrected chi connectivity index (χ2v) is 11.9. The highest BCUT2D eigenvalue weighted by atomic mass is 35.5. The van der Waals surface area contributed by atoms with Crippen LogP contribution < -0.4 is 25.2 Å². The fourth-order valence-corrected chi connectivity index (χ4v) is 6.38. The third kappa shape index (κ3) is 5.19. The number of benzene rings is 2. The van der Waals surface area contributed by atoms with Gasteiger partial charge in [0.1, 0.15) is 16.9 Å². The van der Waals surface area contributed by atoms with Gasteiger partial charge in [0.15, 0.2) is 5.82 Å². The van der Waals surface area contributed by atoms with E-state index in [1.807, 2.05) is 43.4 Å². The number of carbonyl (C=O) groups excluding carboxylic acids is 3. The molecule has 3 aliphatic rings. The van der Waals surface area contributed by atoms with Crippen LogP contribution in [0.25, 0.3) is 10.9 Å². The van der Waals surface area contributed by atoms with Crippen LogP contribution in [0, 0.1) is 0 Å². The van der Waals surface area contributed by atoms with E-state index in [4.69, 9.17) is 21.3 Å². The molecule has 2 aromatic carbocycles. The number of carbonyl (C=O) groups is 3. The summed E-state index contributed by atoms with van der Waals surface area (Å²) in [4.78, 5) is 49.2. The zero-order valence-electron chi connectivity index (χ0n) is 24.3. The number of piperidine rings is 2. The first-order chi connectivity index (χ1) is 21.2. The first kappa shape index (κ1) is 28.1. The lowest BCUT2D eigenvalue weighted by molar-refractivity contribution is -0.134. The molecule has 3 aliphatic heterocycles. The maximum Gasteiger partial charge on any atom is 0.235 e. The molecule has 2 saturated heterocycles. The third-order valence-corrected chi connectivity index (χ3v) is 8.81. The minimum Gasteiger partial charge on any atom is -0.489 e. The normalized spacial score (nSPS) is 20.2. The molecule has 0 aliphatic carbocycles. The molecular formula is C31H31ClN8O4. The molecule has 7 rings (SSSR count). The molecule has 2 aromatic heterocycles. The second kappa shape index (κ2) is 11.1. The van der Waals surface area contributed by atoms with Crippen LogP contribution in [0.1, 0.15) is 42.9 Å². The predicted molar refractivity (Wildman–Crippen MR) is 166 cm³/mol. The van der Waals surface area contributed by atoms with Gasteiger partial charge >= 0.3 is 0 Å². The van der Waals surface area contributed by atoms with Crippen molar-refractivity contribution in [3.05, 3.63) is 58.9 Å². The smallest absolute Gasteiger partial charge is 0.235 e. The van der Waals surface area contributed by atoms with Gasteiger partial charge in [0.25, 0.3) is 0 Å². The van der Waals surface area contributed by atoms with Crippen molar-refractivity contribution in [3.63, 3.8) is 0 Å². The Morgan fingerprint density at radius 1 is 1.09 bits per heavy atom. The van der Waals surface area contributed by atoms with E-state index >= 15 is 0 Å². The van der Waals surface area contributed by atoms with Crippen molar-refractivity contribution in [3.8, 4) is 5.75 Å². The van der Waals surface area contributed by atoms with Gasteiger partial charge in [-0.15, -0.1) is 0 Å². The van der Waals surface area contributed by atoms with Gasteiger partial charge in [0.2, 0.25) is 23.7 Å². The zero-order valence-corrected chi connectivity index (χ0v) is 25.1. The van der Waals surface area contributed by atoms with Crippen molar-refractivity contribution in [2.24, 2.45) is 7.05 Å². The van der Waals surface area contributed by atoms with Gasteiger partial charge in [-0.25, -0.2) is 4.98 Å². The average Bonchev–Trinajstić information content (AvgIpc) is 3.48. The van der Waals surface area contributed by atoms with Gasteiger partial charge in [0.05, 0.1) is 36.3 Å². The molecule has 0 saturated carbocycles. The third-order valence-electron chi connectivity index (χ3n) is 8.54. The van der Waals surface area contributed by atoms with Gasteiger partial charge in [-0.3, -0.25) is 24.4 Å². The fraction of sp³-hybridized carbons (Fsp3) is 0.355. The molecule has 1 unspecified atom stereocenters. The van der Waals surface area contributed by atoms with E-state index in [0.717, 1.165) is 47.2 Å². The molecule has 13 heteroatoms. The van der Waals surface area contributed by atoms with E-state index < -0.39 is 5.92 Å². The van der Waals surface area contributed by atoms with Crippen molar-refractivity contribution >= 4 is 63.4 Å². The Balaban J connectivity index is 1.05. The highest BCUT2D eigenvalue weighted by Crippen LogP contribution is 2.34. The van der Waals surface area contributed by atoms with Crippen LogP contribution in [0.3, 0.4) is 0 Å². The Hall–Kier alpha value is -4.71. The fourth-order valence-electron chi connectivity index (χ4n) is 6.24. The highest BCUT2D eigenvalue weighted by molar-refractivity contribution is 6.32. The molecule has 0 bridgehead atoms. The summed E-state index contributed by atoms with van der Waals surface area (Å²) in [5.74, 6) is 0.820. The number of ether oxygens (including phenoxy) is 1. The number of hydrogen-bond acceptors (Lipinski definition) is 9. The van der Waals surface area contributed by atoms with Crippen LogP contribution in [0.5, 0.6) is 5.75 Å². The first-order valence-electron chi connectivity index (χ1n) is 14.6. The summed E-state index contributed by atoms with van der Waals surface area (Å²) in [6.07, 6.45) is 4.40. The summed E-state index contributed by atoms with van der Waals surface area (Å²) < 4.78 is 8.19. The van der Waals surface area contributed by atoms with Crippen LogP contribution in [-0.2, 0) is 27.9 Å². The maximum absolute atomic E-state index is 12.5. The number of hydrogen-bond donors (Lipinski definition) is 2. The van der Waals surface area contributed by atoms with E-state index in [-0.39, 0.29) is 23.8 Å². The maximum atomic E-state index is 12.5. The molecule has 3 amide bonds. The Bertz CT molecular complexity index is 1820. The standard InChI is InChI=1S/C31H31ClN8O4/c1-38-24-9-5-18(12-17(24)13-27(38)42)34-29-23(32)15-33-31(36-29)40-11-3-4-20(16-40)44-19-6-7-21-25(14-19)39(2)37-28(21)22-8-10-26(41)35-30(22)43/h5-7,9,12,14-15,20,22H,3-4,8,10-11,13,16H2,1-2H3,(H,33,34,36)(H,35,41,43)/t20-,22?/m1/s1. The number of amides is 3. The van der Waals surface area contributed by atoms with E-state index in [1.165, 1.54) is 0 Å². The minimum absolute atomic E-state index is 0.0681. The minimum atomic E-state index is -0.456. The number of nitrogens with zero attached hydrogens (tertiary/aromatic N) is 6. The van der Waals surface area contributed by atoms with Crippen LogP contribution in [0.15, 0.2) is 42.6 Å². The van der Waals surface area contributed by atoms with E-state index in [2.05, 4.69) is 25.6 Å². The zero-order chi connectivity index (χ0) is 30.5. The molecule has 12 nitrogen and oxygen atoms in total. The van der Waals surface area contributed by atoms with Crippen molar-refractivity contribution in [2.75, 3.05) is 35.3 Å². The quantitative estimate of drug-likeness (QED) is 0.311. The lowest BCUT2D eigenvalue weighted by Gasteiger charge is -2.33. The van der Waals surface area contributed by atoms with Crippen molar-refractivity contribution < 1.29 is 19.1 Å². The molecule has 5 heterocycles. The number of nitrogens with one attached hydrogen (secondary N) is 2. The van der Waals surface area contributed by atoms with E-state index in [0.29, 0.717) is 54.0 Å². The lowest BCUT2D eigenvalue weighted by Crippen LogP contribution is -2.42. The van der Waals surface area contributed by atoms with Crippen LogP contribution in [0.2, 0.25) is 5.02 Å². The van der Waals surface area contributed by atoms with Crippen LogP contribution in [-0.4, -0.2) is 63.7 Å².